The van der Waals surface area contributed by atoms with Crippen LogP contribution in [0.2, 0.25) is 0 Å². The van der Waals surface area contributed by atoms with Crippen molar-refractivity contribution in [1.82, 2.24) is 0 Å². The Balaban J connectivity index is 1.80. The van der Waals surface area contributed by atoms with Gasteiger partial charge in [-0.2, -0.15) is 0 Å². The number of phenolic OH excluding ortho intramolecular Hbond substituents is 1. The van der Waals surface area contributed by atoms with Crippen molar-refractivity contribution in [2.45, 2.75) is 12.3 Å². The van der Waals surface area contributed by atoms with E-state index in [0.717, 1.165) is 5.56 Å². The highest BCUT2D eigenvalue weighted by atomic mass is 16.5. The van der Waals surface area contributed by atoms with E-state index in [1.807, 2.05) is 36.4 Å². The van der Waals surface area contributed by atoms with E-state index in [4.69, 9.17) is 18.6 Å². The van der Waals surface area contributed by atoms with Crippen LogP contribution in [0, 0.1) is 0 Å². The van der Waals surface area contributed by atoms with Crippen molar-refractivity contribution in [3.63, 3.8) is 0 Å². The van der Waals surface area contributed by atoms with E-state index in [1.165, 1.54) is 19.2 Å². The number of fused-ring (bicyclic) bond motifs is 3. The van der Waals surface area contributed by atoms with E-state index in [2.05, 4.69) is 0 Å². The number of esters is 1. The van der Waals surface area contributed by atoms with Crippen LogP contribution < -0.4 is 19.6 Å². The average Bonchev–Trinajstić information content (AvgIpc) is 2.83. The molecule has 5 rings (SSSR count). The van der Waals surface area contributed by atoms with Gasteiger partial charge >= 0.3 is 5.97 Å². The van der Waals surface area contributed by atoms with Crippen LogP contribution >= 0.6 is 0 Å². The van der Waals surface area contributed by atoms with Crippen molar-refractivity contribution in [2.24, 2.45) is 0 Å². The minimum atomic E-state index is -0.488. The Hall–Kier alpha value is -4.26. The summed E-state index contributed by atoms with van der Waals surface area (Å²) in [7, 11) is 3.07. The van der Waals surface area contributed by atoms with Gasteiger partial charge in [0, 0.05) is 29.2 Å². The fourth-order valence-electron chi connectivity index (χ4n) is 4.26. The van der Waals surface area contributed by atoms with Gasteiger partial charge in [0.1, 0.15) is 28.2 Å². The van der Waals surface area contributed by atoms with Gasteiger partial charge in [-0.05, 0) is 17.7 Å². The summed E-state index contributed by atoms with van der Waals surface area (Å²) in [5.41, 5.74) is 1.78. The van der Waals surface area contributed by atoms with Crippen LogP contribution in [0.15, 0.2) is 69.9 Å². The van der Waals surface area contributed by atoms with Crippen molar-refractivity contribution >= 4 is 16.9 Å². The van der Waals surface area contributed by atoms with Crippen LogP contribution in [0.1, 0.15) is 23.5 Å². The highest BCUT2D eigenvalue weighted by Gasteiger charge is 2.34. The van der Waals surface area contributed by atoms with Crippen molar-refractivity contribution in [3.8, 4) is 34.3 Å². The van der Waals surface area contributed by atoms with E-state index in [9.17, 15) is 14.7 Å². The third kappa shape index (κ3) is 3.47. The maximum atomic E-state index is 13.0. The Morgan fingerprint density at radius 2 is 1.70 bits per heavy atom. The molecule has 1 unspecified atom stereocenters. The number of carbonyl (C=O) groups excluding carboxylic acids is 1. The second kappa shape index (κ2) is 8.02. The maximum absolute atomic E-state index is 13.0. The molecule has 33 heavy (non-hydrogen) atoms. The zero-order valence-electron chi connectivity index (χ0n) is 18.0. The second-order valence-electron chi connectivity index (χ2n) is 7.70. The molecule has 166 valence electrons. The van der Waals surface area contributed by atoms with Crippen LogP contribution in [0.4, 0.5) is 0 Å². The molecule has 3 aromatic carbocycles. The van der Waals surface area contributed by atoms with Gasteiger partial charge in [0.05, 0.1) is 20.6 Å². The molecule has 0 amide bonds. The van der Waals surface area contributed by atoms with E-state index >= 15 is 0 Å². The summed E-state index contributed by atoms with van der Waals surface area (Å²) in [5.74, 6) is 0.311. The summed E-state index contributed by atoms with van der Waals surface area (Å²) in [6.07, 6.45) is 0.0294. The standard InChI is InChI=1S/C26H20O7/c1-30-19-9-8-15(10-21(19)31-2)16-11-23(29)32-22-13-18(28)25-17(27)12-20(33-26(25)24(16)22)14-6-4-3-5-7-14/h3-10,12-13,16,28H,11H2,1-2H3. The molecule has 1 aromatic heterocycles. The first-order valence-electron chi connectivity index (χ1n) is 10.3. The maximum Gasteiger partial charge on any atom is 0.312 e. The molecule has 2 heterocycles. The van der Waals surface area contributed by atoms with Crippen LogP contribution in [0.5, 0.6) is 23.0 Å². The predicted molar refractivity (Wildman–Crippen MR) is 121 cm³/mol. The van der Waals surface area contributed by atoms with Gasteiger partial charge in [-0.3, -0.25) is 9.59 Å². The molecule has 0 aliphatic carbocycles. The Bertz CT molecular complexity index is 1440. The third-order valence-corrected chi connectivity index (χ3v) is 5.79. The monoisotopic (exact) mass is 444 g/mol. The fourth-order valence-corrected chi connectivity index (χ4v) is 4.26. The minimum Gasteiger partial charge on any atom is -0.507 e. The van der Waals surface area contributed by atoms with Crippen LogP contribution in [0.25, 0.3) is 22.3 Å². The number of hydrogen-bond donors (Lipinski definition) is 1. The Morgan fingerprint density at radius 1 is 0.939 bits per heavy atom. The fraction of sp³-hybridized carbons (Fsp3) is 0.154. The molecule has 0 bridgehead atoms. The van der Waals surface area contributed by atoms with Gasteiger partial charge in [0.25, 0.3) is 0 Å². The van der Waals surface area contributed by atoms with Crippen molar-refractivity contribution < 1.29 is 28.5 Å². The molecule has 7 nitrogen and oxygen atoms in total. The zero-order chi connectivity index (χ0) is 23.1. The quantitative estimate of drug-likeness (QED) is 0.362. The van der Waals surface area contributed by atoms with E-state index in [0.29, 0.717) is 28.4 Å². The van der Waals surface area contributed by atoms with Crippen LogP contribution in [-0.2, 0) is 4.79 Å². The SMILES string of the molecule is COc1ccc(C2CC(=O)Oc3cc(O)c4c(=O)cc(-c5ccccc5)oc4c32)cc1OC. The first kappa shape index (κ1) is 20.6. The van der Waals surface area contributed by atoms with Gasteiger partial charge in [-0.25, -0.2) is 0 Å². The van der Waals surface area contributed by atoms with E-state index in [-0.39, 0.29) is 28.9 Å². The second-order valence-corrected chi connectivity index (χ2v) is 7.70. The molecule has 7 heteroatoms. The smallest absolute Gasteiger partial charge is 0.312 e. The molecule has 4 aromatic rings. The Kier molecular flexibility index (Phi) is 5.01. The summed E-state index contributed by atoms with van der Waals surface area (Å²) in [4.78, 5) is 25.4. The van der Waals surface area contributed by atoms with Crippen LogP contribution in [-0.4, -0.2) is 25.3 Å². The lowest BCUT2D eigenvalue weighted by Gasteiger charge is -2.26. The number of carbonyl (C=O) groups is 1. The number of aromatic hydroxyl groups is 1. The number of rotatable bonds is 4. The van der Waals surface area contributed by atoms with E-state index < -0.39 is 17.3 Å². The lowest BCUT2D eigenvalue weighted by Crippen LogP contribution is -2.22. The Morgan fingerprint density at radius 3 is 2.42 bits per heavy atom. The molecule has 1 aliphatic heterocycles. The van der Waals surface area contributed by atoms with E-state index in [1.54, 1.807) is 19.2 Å². The summed E-state index contributed by atoms with van der Waals surface area (Å²) in [6, 6.07) is 17.2. The summed E-state index contributed by atoms with van der Waals surface area (Å²) in [6.45, 7) is 0. The lowest BCUT2D eigenvalue weighted by molar-refractivity contribution is -0.135. The number of ether oxygens (including phenoxy) is 3. The number of methoxy groups -OCH3 is 2. The van der Waals surface area contributed by atoms with Gasteiger partial charge in [0.15, 0.2) is 16.9 Å². The number of benzene rings is 3. The molecule has 1 atom stereocenters. The predicted octanol–water partition coefficient (Wildman–Crippen LogP) is 4.62. The van der Waals surface area contributed by atoms with Crippen molar-refractivity contribution in [2.75, 3.05) is 14.2 Å². The lowest BCUT2D eigenvalue weighted by atomic mass is 9.85. The summed E-state index contributed by atoms with van der Waals surface area (Å²) >= 11 is 0. The first-order chi connectivity index (χ1) is 16.0. The van der Waals surface area contributed by atoms with Gasteiger partial charge < -0.3 is 23.7 Å². The van der Waals surface area contributed by atoms with Crippen LogP contribution in [0.3, 0.4) is 0 Å². The molecule has 0 spiro atoms. The largest absolute Gasteiger partial charge is 0.507 e. The normalized spacial score (nSPS) is 15.1. The van der Waals surface area contributed by atoms with Gasteiger partial charge in [-0.1, -0.05) is 36.4 Å². The van der Waals surface area contributed by atoms with Crippen molar-refractivity contribution in [1.29, 1.82) is 0 Å². The average molecular weight is 444 g/mol. The molecule has 1 N–H and O–H groups in total. The molecule has 0 saturated heterocycles. The minimum absolute atomic E-state index is 0.0294. The molecular formula is C26H20O7. The third-order valence-electron chi connectivity index (χ3n) is 5.79. The highest BCUT2D eigenvalue weighted by molar-refractivity contribution is 5.93. The summed E-state index contributed by atoms with van der Waals surface area (Å²) < 4.78 is 22.4. The number of phenols is 1. The highest BCUT2D eigenvalue weighted by Crippen LogP contribution is 2.47. The van der Waals surface area contributed by atoms with Gasteiger partial charge in [0.2, 0.25) is 0 Å². The molecule has 1 aliphatic rings. The summed E-state index contributed by atoms with van der Waals surface area (Å²) in [5, 5.41) is 10.6. The molecule has 0 radical (unpaired) electrons. The molecular weight excluding hydrogens is 424 g/mol. The van der Waals surface area contributed by atoms with Gasteiger partial charge in [-0.15, -0.1) is 0 Å². The first-order valence-corrected chi connectivity index (χ1v) is 10.3. The van der Waals surface area contributed by atoms with Crippen molar-refractivity contribution in [3.05, 3.63) is 82.0 Å². The zero-order valence-corrected chi connectivity index (χ0v) is 18.0. The topological polar surface area (TPSA) is 95.2 Å². The number of hydrogen-bond acceptors (Lipinski definition) is 7. The Labute approximate surface area is 188 Å². The molecule has 0 fully saturated rings. The molecule has 0 saturated carbocycles.